The van der Waals surface area contributed by atoms with Crippen LogP contribution in [0.1, 0.15) is 10.5 Å². The molecule has 2 aromatic heterocycles. The van der Waals surface area contributed by atoms with Crippen molar-refractivity contribution < 1.29 is 14.6 Å². The van der Waals surface area contributed by atoms with Gasteiger partial charge in [0.1, 0.15) is 17.1 Å². The minimum Gasteiger partial charge on any atom is -0.496 e. The summed E-state index contributed by atoms with van der Waals surface area (Å²) in [5, 5.41) is 9.58. The highest BCUT2D eigenvalue weighted by Crippen LogP contribution is 2.33. The van der Waals surface area contributed by atoms with Gasteiger partial charge in [-0.05, 0) is 40.2 Å². The van der Waals surface area contributed by atoms with Gasteiger partial charge in [-0.25, -0.2) is 9.78 Å². The maximum absolute atomic E-state index is 11.7. The smallest absolute Gasteiger partial charge is 0.355 e. The lowest BCUT2D eigenvalue weighted by Gasteiger charge is -2.07. The Bertz CT molecular complexity index is 842. The van der Waals surface area contributed by atoms with Crippen molar-refractivity contribution in [3.8, 4) is 17.0 Å². The van der Waals surface area contributed by atoms with Crippen molar-refractivity contribution in [1.29, 1.82) is 0 Å². The van der Waals surface area contributed by atoms with Gasteiger partial charge in [0.15, 0.2) is 5.69 Å². The minimum absolute atomic E-state index is 0.0991. The number of aromatic nitrogens is 2. The first-order chi connectivity index (χ1) is 10.1. The van der Waals surface area contributed by atoms with Crippen LogP contribution in [0.5, 0.6) is 5.75 Å². The van der Waals surface area contributed by atoms with Gasteiger partial charge in [0.25, 0.3) is 0 Å². The third kappa shape index (κ3) is 2.17. The van der Waals surface area contributed by atoms with Crippen LogP contribution >= 0.6 is 15.9 Å². The van der Waals surface area contributed by atoms with Crippen molar-refractivity contribution in [3.63, 3.8) is 0 Å². The largest absolute Gasteiger partial charge is 0.496 e. The van der Waals surface area contributed by atoms with Crippen molar-refractivity contribution >= 4 is 27.5 Å². The van der Waals surface area contributed by atoms with Gasteiger partial charge in [0, 0.05) is 5.56 Å². The van der Waals surface area contributed by atoms with Crippen LogP contribution in [0, 0.1) is 0 Å². The predicted octanol–water partition coefficient (Wildman–Crippen LogP) is 3.47. The maximum atomic E-state index is 11.7. The third-order valence-corrected chi connectivity index (χ3v) is 3.78. The number of carbonyl (C=O) groups is 1. The lowest BCUT2D eigenvalue weighted by molar-refractivity contribution is 0.0690. The molecule has 0 saturated carbocycles. The normalized spacial score (nSPS) is 10.8. The number of ether oxygens (including phenoxy) is 1. The van der Waals surface area contributed by atoms with E-state index in [4.69, 9.17) is 4.74 Å². The summed E-state index contributed by atoms with van der Waals surface area (Å²) in [7, 11) is 1.55. The summed E-state index contributed by atoms with van der Waals surface area (Å²) in [6.45, 7) is 0. The number of halogens is 1. The Morgan fingerprint density at radius 1 is 1.24 bits per heavy atom. The average molecular weight is 347 g/mol. The van der Waals surface area contributed by atoms with Gasteiger partial charge in [-0.2, -0.15) is 0 Å². The summed E-state index contributed by atoms with van der Waals surface area (Å²) in [6, 6.07) is 12.6. The van der Waals surface area contributed by atoms with E-state index in [-0.39, 0.29) is 5.69 Å². The Morgan fingerprint density at radius 2 is 2.00 bits per heavy atom. The monoisotopic (exact) mass is 346 g/mol. The summed E-state index contributed by atoms with van der Waals surface area (Å²) < 4.78 is 7.50. The first kappa shape index (κ1) is 13.6. The van der Waals surface area contributed by atoms with E-state index in [0.29, 0.717) is 27.3 Å². The number of pyridine rings is 1. The van der Waals surface area contributed by atoms with Crippen LogP contribution in [-0.2, 0) is 0 Å². The fourth-order valence-electron chi connectivity index (χ4n) is 2.28. The number of carboxylic acids is 1. The summed E-state index contributed by atoms with van der Waals surface area (Å²) in [5.74, 6) is -0.463. The second kappa shape index (κ2) is 5.21. The molecule has 0 aliphatic rings. The van der Waals surface area contributed by atoms with Crippen LogP contribution in [0.25, 0.3) is 16.9 Å². The van der Waals surface area contributed by atoms with E-state index >= 15 is 0 Å². The molecule has 0 radical (unpaired) electrons. The molecular formula is C15H11BrN2O3. The van der Waals surface area contributed by atoms with Crippen molar-refractivity contribution in [2.24, 2.45) is 0 Å². The highest BCUT2D eigenvalue weighted by Gasteiger charge is 2.23. The number of hydrogen-bond donors (Lipinski definition) is 1. The molecule has 0 bridgehead atoms. The van der Waals surface area contributed by atoms with Crippen LogP contribution in [0.2, 0.25) is 0 Å². The molecule has 0 fully saturated rings. The Kier molecular flexibility index (Phi) is 3.39. The second-order valence-electron chi connectivity index (χ2n) is 4.36. The van der Waals surface area contributed by atoms with Crippen LogP contribution in [0.4, 0.5) is 0 Å². The van der Waals surface area contributed by atoms with Crippen molar-refractivity contribution in [1.82, 2.24) is 9.38 Å². The number of rotatable bonds is 3. The highest BCUT2D eigenvalue weighted by atomic mass is 79.9. The SMILES string of the molecule is COc1ccccc1-c1nc2cccc(Br)n2c1C(=O)O. The number of fused-ring (bicyclic) bond motifs is 1. The molecule has 106 valence electrons. The first-order valence-electron chi connectivity index (χ1n) is 6.17. The summed E-state index contributed by atoms with van der Waals surface area (Å²) in [6.07, 6.45) is 0. The lowest BCUT2D eigenvalue weighted by atomic mass is 10.1. The number of nitrogens with zero attached hydrogens (tertiary/aromatic N) is 2. The van der Waals surface area contributed by atoms with Gasteiger partial charge >= 0.3 is 5.97 Å². The van der Waals surface area contributed by atoms with Crippen molar-refractivity contribution in [2.45, 2.75) is 0 Å². The average Bonchev–Trinajstić information content (AvgIpc) is 2.88. The van der Waals surface area contributed by atoms with Crippen LogP contribution in [-0.4, -0.2) is 27.6 Å². The van der Waals surface area contributed by atoms with E-state index < -0.39 is 5.97 Å². The molecule has 5 nitrogen and oxygen atoms in total. The number of benzene rings is 1. The molecule has 3 rings (SSSR count). The zero-order chi connectivity index (χ0) is 15.0. The van der Waals surface area contributed by atoms with Gasteiger partial charge < -0.3 is 9.84 Å². The van der Waals surface area contributed by atoms with E-state index in [1.807, 2.05) is 18.2 Å². The summed E-state index contributed by atoms with van der Waals surface area (Å²) >= 11 is 3.37. The molecule has 0 aliphatic carbocycles. The van der Waals surface area contributed by atoms with Crippen molar-refractivity contribution in [3.05, 3.63) is 52.8 Å². The van der Waals surface area contributed by atoms with Crippen LogP contribution < -0.4 is 4.74 Å². The number of carboxylic acid groups (broad SMARTS) is 1. The topological polar surface area (TPSA) is 63.8 Å². The number of hydrogen-bond acceptors (Lipinski definition) is 3. The van der Waals surface area contributed by atoms with E-state index in [1.54, 1.807) is 35.8 Å². The molecule has 0 spiro atoms. The molecule has 0 atom stereocenters. The van der Waals surface area contributed by atoms with Gasteiger partial charge in [-0.15, -0.1) is 0 Å². The number of para-hydroxylation sites is 1. The molecule has 0 aliphatic heterocycles. The summed E-state index contributed by atoms with van der Waals surface area (Å²) in [5.41, 5.74) is 1.68. The highest BCUT2D eigenvalue weighted by molar-refractivity contribution is 9.10. The Labute approximate surface area is 128 Å². The van der Waals surface area contributed by atoms with E-state index in [9.17, 15) is 9.90 Å². The van der Waals surface area contributed by atoms with Gasteiger partial charge in [0.05, 0.1) is 11.7 Å². The van der Waals surface area contributed by atoms with Gasteiger partial charge in [-0.3, -0.25) is 4.40 Å². The van der Waals surface area contributed by atoms with Crippen LogP contribution in [0.15, 0.2) is 47.1 Å². The lowest BCUT2D eigenvalue weighted by Crippen LogP contribution is -2.04. The fraction of sp³-hybridized carbons (Fsp3) is 0.0667. The standard InChI is InChI=1S/C15H11BrN2O3/c1-21-10-6-3-2-5-9(10)13-14(15(19)20)18-11(16)7-4-8-12(18)17-13/h2-8H,1H3,(H,19,20). The molecule has 2 heterocycles. The first-order valence-corrected chi connectivity index (χ1v) is 6.96. The molecule has 3 aromatic rings. The Hall–Kier alpha value is -2.34. The molecular weight excluding hydrogens is 336 g/mol. The predicted molar refractivity (Wildman–Crippen MR) is 81.8 cm³/mol. The number of imidazole rings is 1. The molecule has 0 unspecified atom stereocenters. The number of aromatic carboxylic acids is 1. The molecule has 0 amide bonds. The van der Waals surface area contributed by atoms with Gasteiger partial charge in [-0.1, -0.05) is 18.2 Å². The fourth-order valence-corrected chi connectivity index (χ4v) is 2.79. The molecule has 1 aromatic carbocycles. The minimum atomic E-state index is -1.05. The second-order valence-corrected chi connectivity index (χ2v) is 5.17. The zero-order valence-electron chi connectivity index (χ0n) is 11.1. The molecule has 21 heavy (non-hydrogen) atoms. The number of methoxy groups -OCH3 is 1. The quantitative estimate of drug-likeness (QED) is 0.737. The van der Waals surface area contributed by atoms with Crippen LogP contribution in [0.3, 0.4) is 0 Å². The zero-order valence-corrected chi connectivity index (χ0v) is 12.7. The van der Waals surface area contributed by atoms with E-state index in [1.165, 1.54) is 0 Å². The molecule has 6 heteroatoms. The van der Waals surface area contributed by atoms with Crippen molar-refractivity contribution in [2.75, 3.05) is 7.11 Å². The maximum Gasteiger partial charge on any atom is 0.355 e. The molecule has 0 saturated heterocycles. The van der Waals surface area contributed by atoms with E-state index in [0.717, 1.165) is 0 Å². The Morgan fingerprint density at radius 3 is 2.71 bits per heavy atom. The van der Waals surface area contributed by atoms with E-state index in [2.05, 4.69) is 20.9 Å². The third-order valence-electron chi connectivity index (χ3n) is 3.16. The Balaban J connectivity index is 2.40. The summed E-state index contributed by atoms with van der Waals surface area (Å²) in [4.78, 5) is 16.1. The van der Waals surface area contributed by atoms with Gasteiger partial charge in [0.2, 0.25) is 0 Å². The molecule has 1 N–H and O–H groups in total.